The lowest BCUT2D eigenvalue weighted by Gasteiger charge is -2.10. The molecule has 1 aromatic heterocycles. The maximum absolute atomic E-state index is 12.2. The van der Waals surface area contributed by atoms with Crippen LogP contribution >= 0.6 is 0 Å². The molecule has 2 aromatic carbocycles. The number of Topliss-reactive ketones (excluding diaryl/α,β-unsaturated/α-hetero) is 1. The van der Waals surface area contributed by atoms with Gasteiger partial charge in [-0.2, -0.15) is 0 Å². The van der Waals surface area contributed by atoms with Crippen LogP contribution in [0.3, 0.4) is 0 Å². The van der Waals surface area contributed by atoms with Crippen LogP contribution in [0, 0.1) is 0 Å². The lowest BCUT2D eigenvalue weighted by Crippen LogP contribution is -2.09. The Kier molecular flexibility index (Phi) is 4.70. The molecule has 0 radical (unpaired) electrons. The van der Waals surface area contributed by atoms with Crippen molar-refractivity contribution in [2.45, 2.75) is 13.5 Å². The number of para-hydroxylation sites is 2. The zero-order valence-corrected chi connectivity index (χ0v) is 13.9. The van der Waals surface area contributed by atoms with Crippen LogP contribution < -0.4 is 4.74 Å². The van der Waals surface area contributed by atoms with Crippen LogP contribution in [0.2, 0.25) is 0 Å². The van der Waals surface area contributed by atoms with Crippen molar-refractivity contribution in [3.63, 3.8) is 0 Å². The summed E-state index contributed by atoms with van der Waals surface area (Å²) in [6, 6.07) is 12.3. The number of esters is 1. The number of hydrogen-bond acceptors (Lipinski definition) is 6. The number of carbonyl (C=O) groups is 2. The zero-order chi connectivity index (χ0) is 17.8. The second-order valence-corrected chi connectivity index (χ2v) is 5.40. The van der Waals surface area contributed by atoms with E-state index in [0.29, 0.717) is 27.9 Å². The van der Waals surface area contributed by atoms with Gasteiger partial charge in [-0.3, -0.25) is 9.78 Å². The summed E-state index contributed by atoms with van der Waals surface area (Å²) >= 11 is 0. The summed E-state index contributed by atoms with van der Waals surface area (Å²) in [6.07, 6.45) is 1.38. The molecule has 0 aliphatic heterocycles. The molecule has 1 heterocycles. The van der Waals surface area contributed by atoms with Crippen molar-refractivity contribution in [1.82, 2.24) is 9.97 Å². The summed E-state index contributed by atoms with van der Waals surface area (Å²) in [6.45, 7) is 1.44. The van der Waals surface area contributed by atoms with Crippen LogP contribution in [0.5, 0.6) is 5.75 Å². The highest BCUT2D eigenvalue weighted by Crippen LogP contribution is 2.21. The summed E-state index contributed by atoms with van der Waals surface area (Å²) in [5, 5.41) is 0. The average Bonchev–Trinajstić information content (AvgIpc) is 2.65. The van der Waals surface area contributed by atoms with E-state index < -0.39 is 5.97 Å². The molecule has 0 spiro atoms. The number of methoxy groups -OCH3 is 1. The van der Waals surface area contributed by atoms with Gasteiger partial charge in [0.1, 0.15) is 12.4 Å². The Balaban J connectivity index is 1.79. The van der Waals surface area contributed by atoms with Crippen molar-refractivity contribution < 1.29 is 19.1 Å². The first kappa shape index (κ1) is 16.6. The minimum Gasteiger partial charge on any atom is -0.496 e. The smallest absolute Gasteiger partial charge is 0.358 e. The minimum atomic E-state index is -0.589. The van der Waals surface area contributed by atoms with Gasteiger partial charge in [-0.25, -0.2) is 9.78 Å². The van der Waals surface area contributed by atoms with Crippen molar-refractivity contribution in [3.05, 3.63) is 65.5 Å². The largest absolute Gasteiger partial charge is 0.496 e. The molecule has 3 aromatic rings. The number of fused-ring (bicyclic) bond motifs is 1. The normalized spacial score (nSPS) is 10.5. The Morgan fingerprint density at radius 2 is 1.84 bits per heavy atom. The number of benzene rings is 2. The number of aromatic nitrogens is 2. The van der Waals surface area contributed by atoms with Gasteiger partial charge in [-0.05, 0) is 37.3 Å². The molecule has 0 saturated carbocycles. The summed E-state index contributed by atoms with van der Waals surface area (Å²) in [5.41, 5.74) is 2.58. The SMILES string of the molecule is COc1ccc(C(C)=O)cc1COC(=O)c1cnc2ccccc2n1. The molecule has 0 fully saturated rings. The number of nitrogens with zero attached hydrogens (tertiary/aromatic N) is 2. The Hall–Kier alpha value is -3.28. The van der Waals surface area contributed by atoms with E-state index in [-0.39, 0.29) is 18.1 Å². The molecule has 6 nitrogen and oxygen atoms in total. The number of hydrogen-bond donors (Lipinski definition) is 0. The van der Waals surface area contributed by atoms with Crippen molar-refractivity contribution in [2.24, 2.45) is 0 Å². The molecular weight excluding hydrogens is 320 g/mol. The van der Waals surface area contributed by atoms with Crippen LogP contribution in [-0.2, 0) is 11.3 Å². The molecule has 0 aliphatic carbocycles. The van der Waals surface area contributed by atoms with Gasteiger partial charge in [-0.15, -0.1) is 0 Å². The molecule has 0 amide bonds. The third kappa shape index (κ3) is 3.63. The van der Waals surface area contributed by atoms with Gasteiger partial charge in [0.15, 0.2) is 11.5 Å². The van der Waals surface area contributed by atoms with E-state index in [0.717, 1.165) is 0 Å². The van der Waals surface area contributed by atoms with Crippen molar-refractivity contribution in [3.8, 4) is 5.75 Å². The second kappa shape index (κ2) is 7.09. The third-order valence-electron chi connectivity index (χ3n) is 3.70. The molecule has 0 N–H and O–H groups in total. The first-order chi connectivity index (χ1) is 12.1. The molecule has 0 atom stereocenters. The highest BCUT2D eigenvalue weighted by molar-refractivity contribution is 5.94. The average molecular weight is 336 g/mol. The van der Waals surface area contributed by atoms with Crippen molar-refractivity contribution in [1.29, 1.82) is 0 Å². The molecule has 126 valence electrons. The number of carbonyl (C=O) groups excluding carboxylic acids is 2. The quantitative estimate of drug-likeness (QED) is 0.526. The summed E-state index contributed by atoms with van der Waals surface area (Å²) in [4.78, 5) is 32.2. The Labute approximate surface area is 144 Å². The van der Waals surface area contributed by atoms with E-state index in [9.17, 15) is 9.59 Å². The first-order valence-electron chi connectivity index (χ1n) is 7.65. The van der Waals surface area contributed by atoms with Crippen LogP contribution in [0.1, 0.15) is 33.3 Å². The molecule has 0 aliphatic rings. The molecule has 0 bridgehead atoms. The van der Waals surface area contributed by atoms with Crippen LogP contribution in [0.25, 0.3) is 11.0 Å². The molecule has 0 unspecified atom stereocenters. The monoisotopic (exact) mass is 336 g/mol. The van der Waals surface area contributed by atoms with Gasteiger partial charge in [0.2, 0.25) is 0 Å². The van der Waals surface area contributed by atoms with Gasteiger partial charge < -0.3 is 9.47 Å². The van der Waals surface area contributed by atoms with Crippen LogP contribution in [0.15, 0.2) is 48.7 Å². The van der Waals surface area contributed by atoms with E-state index >= 15 is 0 Å². The predicted octanol–water partition coefficient (Wildman–Crippen LogP) is 3.20. The van der Waals surface area contributed by atoms with Gasteiger partial charge in [0.05, 0.1) is 24.3 Å². The van der Waals surface area contributed by atoms with Gasteiger partial charge >= 0.3 is 5.97 Å². The van der Waals surface area contributed by atoms with Gasteiger partial charge in [-0.1, -0.05) is 12.1 Å². The topological polar surface area (TPSA) is 78.4 Å². The fourth-order valence-electron chi connectivity index (χ4n) is 2.38. The maximum atomic E-state index is 12.2. The fourth-order valence-corrected chi connectivity index (χ4v) is 2.38. The number of rotatable bonds is 5. The standard InChI is InChI=1S/C19H16N2O4/c1-12(22)13-7-8-18(24-2)14(9-13)11-25-19(23)17-10-20-15-5-3-4-6-16(15)21-17/h3-10H,11H2,1-2H3. The Morgan fingerprint density at radius 3 is 2.56 bits per heavy atom. The molecule has 25 heavy (non-hydrogen) atoms. The fraction of sp³-hybridized carbons (Fsp3) is 0.158. The minimum absolute atomic E-state index is 0.0301. The lowest BCUT2D eigenvalue weighted by atomic mass is 10.1. The third-order valence-corrected chi connectivity index (χ3v) is 3.70. The van der Waals surface area contributed by atoms with E-state index in [1.807, 2.05) is 18.2 Å². The van der Waals surface area contributed by atoms with E-state index in [1.54, 1.807) is 24.3 Å². The lowest BCUT2D eigenvalue weighted by molar-refractivity contribution is 0.0463. The molecular formula is C19H16N2O4. The number of ketones is 1. The summed E-state index contributed by atoms with van der Waals surface area (Å²) < 4.78 is 10.6. The summed E-state index contributed by atoms with van der Waals surface area (Å²) in [5.74, 6) is -0.119. The van der Waals surface area contributed by atoms with E-state index in [4.69, 9.17) is 9.47 Å². The highest BCUT2D eigenvalue weighted by Gasteiger charge is 2.13. The number of ether oxygens (including phenoxy) is 2. The van der Waals surface area contributed by atoms with E-state index in [1.165, 1.54) is 20.2 Å². The Morgan fingerprint density at radius 1 is 1.08 bits per heavy atom. The molecule has 3 rings (SSSR count). The first-order valence-corrected chi connectivity index (χ1v) is 7.65. The second-order valence-electron chi connectivity index (χ2n) is 5.40. The Bertz CT molecular complexity index is 953. The molecule has 0 saturated heterocycles. The van der Waals surface area contributed by atoms with Gasteiger partial charge in [0.25, 0.3) is 0 Å². The van der Waals surface area contributed by atoms with Crippen molar-refractivity contribution in [2.75, 3.05) is 7.11 Å². The molecule has 6 heteroatoms. The zero-order valence-electron chi connectivity index (χ0n) is 13.9. The summed E-state index contributed by atoms with van der Waals surface area (Å²) in [7, 11) is 1.52. The highest BCUT2D eigenvalue weighted by atomic mass is 16.5. The van der Waals surface area contributed by atoms with Crippen molar-refractivity contribution >= 4 is 22.8 Å². The van der Waals surface area contributed by atoms with Crippen LogP contribution in [-0.4, -0.2) is 28.8 Å². The van der Waals surface area contributed by atoms with Gasteiger partial charge in [0, 0.05) is 11.1 Å². The maximum Gasteiger partial charge on any atom is 0.358 e. The van der Waals surface area contributed by atoms with E-state index in [2.05, 4.69) is 9.97 Å². The van der Waals surface area contributed by atoms with Crippen LogP contribution in [0.4, 0.5) is 0 Å². The predicted molar refractivity (Wildman–Crippen MR) is 91.7 cm³/mol.